The van der Waals surface area contributed by atoms with E-state index in [0.717, 1.165) is 25.2 Å². The second-order valence-corrected chi connectivity index (χ2v) is 6.69. The zero-order valence-corrected chi connectivity index (χ0v) is 15.2. The lowest BCUT2D eigenvalue weighted by Gasteiger charge is -2.35. The maximum atomic E-state index is 12.5. The summed E-state index contributed by atoms with van der Waals surface area (Å²) in [6.45, 7) is 5.91. The predicted molar refractivity (Wildman–Crippen MR) is 98.2 cm³/mol. The van der Waals surface area contributed by atoms with Crippen LogP contribution < -0.4 is 5.32 Å². The van der Waals surface area contributed by atoms with E-state index >= 15 is 0 Å². The van der Waals surface area contributed by atoms with Crippen molar-refractivity contribution in [3.63, 3.8) is 0 Å². The van der Waals surface area contributed by atoms with Gasteiger partial charge in [0.1, 0.15) is 0 Å². The number of nitrogens with zero attached hydrogens (tertiary/aromatic N) is 5. The summed E-state index contributed by atoms with van der Waals surface area (Å²) in [5.74, 6) is 0. The van der Waals surface area contributed by atoms with Crippen LogP contribution in [0.15, 0.2) is 36.7 Å². The topological polar surface area (TPSA) is 77.2 Å². The van der Waals surface area contributed by atoms with Gasteiger partial charge in [-0.2, -0.15) is 10.4 Å². The number of rotatable bonds is 4. The Kier molecular flexibility index (Phi) is 5.54. The number of aromatic nitrogens is 2. The maximum Gasteiger partial charge on any atom is 0.317 e. The molecule has 1 aromatic carbocycles. The minimum Gasteiger partial charge on any atom is -0.331 e. The van der Waals surface area contributed by atoms with E-state index < -0.39 is 0 Å². The van der Waals surface area contributed by atoms with Crippen LogP contribution in [0.2, 0.25) is 0 Å². The Morgan fingerprint density at radius 1 is 1.27 bits per heavy atom. The number of benzene rings is 1. The van der Waals surface area contributed by atoms with Crippen LogP contribution in [0.4, 0.5) is 4.79 Å². The number of nitriles is 1. The molecule has 0 spiro atoms. The number of aryl methyl sites for hydroxylation is 1. The average Bonchev–Trinajstić information content (AvgIpc) is 3.09. The summed E-state index contributed by atoms with van der Waals surface area (Å²) in [7, 11) is 1.87. The van der Waals surface area contributed by atoms with Crippen molar-refractivity contribution in [2.75, 3.05) is 26.2 Å². The van der Waals surface area contributed by atoms with E-state index in [0.29, 0.717) is 18.7 Å². The predicted octanol–water partition coefficient (Wildman–Crippen LogP) is 1.88. The third kappa shape index (κ3) is 4.41. The lowest BCUT2D eigenvalue weighted by molar-refractivity contribution is 0.133. The molecule has 1 aromatic heterocycles. The van der Waals surface area contributed by atoms with Crippen LogP contribution >= 0.6 is 0 Å². The van der Waals surface area contributed by atoms with Crippen LogP contribution in [0.25, 0.3) is 0 Å². The van der Waals surface area contributed by atoms with Crippen molar-refractivity contribution in [1.29, 1.82) is 5.26 Å². The third-order valence-corrected chi connectivity index (χ3v) is 4.71. The van der Waals surface area contributed by atoms with Crippen molar-refractivity contribution in [3.8, 4) is 6.07 Å². The third-order valence-electron chi connectivity index (χ3n) is 4.71. The average molecular weight is 352 g/mol. The van der Waals surface area contributed by atoms with E-state index in [1.54, 1.807) is 10.9 Å². The summed E-state index contributed by atoms with van der Waals surface area (Å²) in [5.41, 5.74) is 2.87. The zero-order chi connectivity index (χ0) is 18.5. The van der Waals surface area contributed by atoms with Gasteiger partial charge in [0.2, 0.25) is 0 Å². The molecule has 1 atom stereocenters. The Morgan fingerprint density at radius 2 is 1.96 bits per heavy atom. The Labute approximate surface area is 153 Å². The van der Waals surface area contributed by atoms with Gasteiger partial charge < -0.3 is 10.2 Å². The minimum absolute atomic E-state index is 0.0284. The number of hydrogen-bond donors (Lipinski definition) is 1. The highest BCUT2D eigenvalue weighted by Crippen LogP contribution is 2.13. The SMILES string of the molecule is CC(NC(=O)N1CCN(Cc2ccc(C#N)cc2)CC1)c1cnn(C)c1. The normalized spacial score (nSPS) is 16.1. The van der Waals surface area contributed by atoms with Gasteiger partial charge in [-0.25, -0.2) is 4.79 Å². The minimum atomic E-state index is -0.0621. The summed E-state index contributed by atoms with van der Waals surface area (Å²) in [6.07, 6.45) is 3.70. The molecule has 136 valence electrons. The van der Waals surface area contributed by atoms with Gasteiger partial charge in [0.15, 0.2) is 0 Å². The quantitative estimate of drug-likeness (QED) is 0.911. The smallest absolute Gasteiger partial charge is 0.317 e. The standard InChI is InChI=1S/C19H24N6O/c1-15(18-12-21-23(2)14-18)22-19(26)25-9-7-24(8-10-25)13-17-5-3-16(11-20)4-6-17/h3-6,12,14-15H,7-10,13H2,1-2H3,(H,22,26). The van der Waals surface area contributed by atoms with Crippen LogP contribution in [0.5, 0.6) is 0 Å². The van der Waals surface area contributed by atoms with Crippen LogP contribution in [0.3, 0.4) is 0 Å². The molecule has 2 amide bonds. The largest absolute Gasteiger partial charge is 0.331 e. The number of nitrogens with one attached hydrogen (secondary N) is 1. The Bertz CT molecular complexity index is 783. The lowest BCUT2D eigenvalue weighted by Crippen LogP contribution is -2.51. The van der Waals surface area contributed by atoms with Crippen molar-refractivity contribution >= 4 is 6.03 Å². The molecule has 7 nitrogen and oxygen atoms in total. The fourth-order valence-corrected chi connectivity index (χ4v) is 3.08. The molecule has 7 heteroatoms. The van der Waals surface area contributed by atoms with Gasteiger partial charge in [-0.1, -0.05) is 12.1 Å². The van der Waals surface area contributed by atoms with Gasteiger partial charge in [-0.3, -0.25) is 9.58 Å². The molecule has 2 heterocycles. The zero-order valence-electron chi connectivity index (χ0n) is 15.2. The second kappa shape index (κ2) is 8.02. The molecule has 1 N–H and O–H groups in total. The van der Waals surface area contributed by atoms with Crippen molar-refractivity contribution in [2.24, 2.45) is 7.05 Å². The molecule has 2 aromatic rings. The molecule has 1 aliphatic heterocycles. The van der Waals surface area contributed by atoms with E-state index in [-0.39, 0.29) is 12.1 Å². The summed E-state index contributed by atoms with van der Waals surface area (Å²) in [6, 6.07) is 9.72. The van der Waals surface area contributed by atoms with Gasteiger partial charge in [0.25, 0.3) is 0 Å². The first-order valence-electron chi connectivity index (χ1n) is 8.80. The highest BCUT2D eigenvalue weighted by Gasteiger charge is 2.22. The first-order valence-corrected chi connectivity index (χ1v) is 8.80. The fourth-order valence-electron chi connectivity index (χ4n) is 3.08. The Balaban J connectivity index is 1.46. The first kappa shape index (κ1) is 18.0. The van der Waals surface area contributed by atoms with Crippen LogP contribution in [0, 0.1) is 11.3 Å². The number of hydrogen-bond acceptors (Lipinski definition) is 4. The van der Waals surface area contributed by atoms with Gasteiger partial charge >= 0.3 is 6.03 Å². The van der Waals surface area contributed by atoms with Gasteiger partial charge in [-0.05, 0) is 24.6 Å². The van der Waals surface area contributed by atoms with E-state index in [1.165, 1.54) is 5.56 Å². The molecule has 0 saturated carbocycles. The molecule has 0 radical (unpaired) electrons. The number of piperazine rings is 1. The lowest BCUT2D eigenvalue weighted by atomic mass is 10.1. The monoisotopic (exact) mass is 352 g/mol. The fraction of sp³-hybridized carbons (Fsp3) is 0.421. The van der Waals surface area contributed by atoms with Gasteiger partial charge in [0.05, 0.1) is 23.9 Å². The maximum absolute atomic E-state index is 12.5. The number of carbonyl (C=O) groups is 1. The van der Waals surface area contributed by atoms with Gasteiger partial charge in [-0.15, -0.1) is 0 Å². The van der Waals surface area contributed by atoms with E-state index in [2.05, 4.69) is 21.4 Å². The molecule has 0 bridgehead atoms. The molecule has 1 saturated heterocycles. The first-order chi connectivity index (χ1) is 12.5. The highest BCUT2D eigenvalue weighted by molar-refractivity contribution is 5.74. The molecular weight excluding hydrogens is 328 g/mol. The highest BCUT2D eigenvalue weighted by atomic mass is 16.2. The van der Waals surface area contributed by atoms with Crippen molar-refractivity contribution in [1.82, 2.24) is 24.9 Å². The van der Waals surface area contributed by atoms with Crippen LogP contribution in [0.1, 0.15) is 29.7 Å². The van der Waals surface area contributed by atoms with E-state index in [4.69, 9.17) is 5.26 Å². The Hall–Kier alpha value is -2.85. The van der Waals surface area contributed by atoms with Crippen LogP contribution in [-0.4, -0.2) is 51.8 Å². The second-order valence-electron chi connectivity index (χ2n) is 6.69. The molecule has 1 aliphatic rings. The summed E-state index contributed by atoms with van der Waals surface area (Å²) in [4.78, 5) is 16.7. The van der Waals surface area contributed by atoms with Gasteiger partial charge in [0, 0.05) is 51.5 Å². The summed E-state index contributed by atoms with van der Waals surface area (Å²) in [5, 5.41) is 16.0. The number of carbonyl (C=O) groups excluding carboxylic acids is 1. The van der Waals surface area contributed by atoms with Crippen molar-refractivity contribution in [3.05, 3.63) is 53.3 Å². The molecule has 1 unspecified atom stereocenters. The van der Waals surface area contributed by atoms with Crippen molar-refractivity contribution < 1.29 is 4.79 Å². The summed E-state index contributed by atoms with van der Waals surface area (Å²) < 4.78 is 1.74. The molecule has 0 aliphatic carbocycles. The van der Waals surface area contributed by atoms with Crippen molar-refractivity contribution in [2.45, 2.75) is 19.5 Å². The molecular formula is C19H24N6O. The molecule has 1 fully saturated rings. The van der Waals surface area contributed by atoms with Crippen LogP contribution in [-0.2, 0) is 13.6 Å². The van der Waals surface area contributed by atoms with E-state index in [1.807, 2.05) is 49.3 Å². The number of amides is 2. The van der Waals surface area contributed by atoms with E-state index in [9.17, 15) is 4.79 Å². The summed E-state index contributed by atoms with van der Waals surface area (Å²) >= 11 is 0. The Morgan fingerprint density at radius 3 is 2.54 bits per heavy atom. The molecule has 26 heavy (non-hydrogen) atoms. The number of urea groups is 1. The molecule has 3 rings (SSSR count).